The van der Waals surface area contributed by atoms with Crippen LogP contribution in [0.15, 0.2) is 0 Å². The molecule has 1 aliphatic heterocycles. The van der Waals surface area contributed by atoms with Crippen molar-refractivity contribution in [2.75, 3.05) is 19.6 Å². The molecule has 1 aliphatic carbocycles. The van der Waals surface area contributed by atoms with Gasteiger partial charge in [0.2, 0.25) is 0 Å². The summed E-state index contributed by atoms with van der Waals surface area (Å²) in [6, 6.07) is -0.0159. The van der Waals surface area contributed by atoms with Crippen LogP contribution in [0.1, 0.15) is 19.8 Å². The van der Waals surface area contributed by atoms with Crippen molar-refractivity contribution >= 4 is 6.03 Å². The second-order valence-electron chi connectivity index (χ2n) is 4.46. The topological polar surface area (TPSA) is 32.3 Å². The third-order valence-electron chi connectivity index (χ3n) is 3.08. The number of nitrogens with one attached hydrogen (secondary N) is 1. The van der Waals surface area contributed by atoms with Crippen LogP contribution in [0.3, 0.4) is 0 Å². The number of fused-ring (bicyclic) bond motifs is 1. The van der Waals surface area contributed by atoms with E-state index >= 15 is 0 Å². The summed E-state index contributed by atoms with van der Waals surface area (Å²) in [5.74, 6) is 1.53. The Morgan fingerprint density at radius 3 is 2.79 bits per heavy atom. The first-order valence-electron chi connectivity index (χ1n) is 5.33. The summed E-state index contributed by atoms with van der Waals surface area (Å²) in [6.07, 6.45) is 0.875. The third-order valence-corrected chi connectivity index (χ3v) is 3.08. The second-order valence-corrected chi connectivity index (χ2v) is 4.46. The number of urea groups is 1. The minimum Gasteiger partial charge on any atom is -0.338 e. The van der Waals surface area contributed by atoms with Crippen LogP contribution >= 0.6 is 0 Å². The number of rotatable bonds is 3. The lowest BCUT2D eigenvalue weighted by molar-refractivity contribution is 0.202. The molecule has 2 fully saturated rings. The molecule has 1 heterocycles. The molecule has 1 saturated heterocycles. The predicted molar refractivity (Wildman–Crippen MR) is 51.8 cm³/mol. The molecule has 0 radical (unpaired) electrons. The molecular formula is C10H17FN2O. The van der Waals surface area contributed by atoms with Crippen LogP contribution in [-0.2, 0) is 0 Å². The highest BCUT2D eigenvalue weighted by Gasteiger charge is 2.46. The Bertz CT molecular complexity index is 222. The van der Waals surface area contributed by atoms with Crippen molar-refractivity contribution in [2.24, 2.45) is 11.8 Å². The van der Waals surface area contributed by atoms with Crippen LogP contribution in [0.25, 0.3) is 0 Å². The van der Waals surface area contributed by atoms with Gasteiger partial charge in [-0.3, -0.25) is 0 Å². The van der Waals surface area contributed by atoms with E-state index in [1.165, 1.54) is 13.3 Å². The molecule has 4 heteroatoms. The van der Waals surface area contributed by atoms with Gasteiger partial charge in [-0.1, -0.05) is 0 Å². The second kappa shape index (κ2) is 3.75. The highest BCUT2D eigenvalue weighted by Crippen LogP contribution is 2.44. The average molecular weight is 200 g/mol. The highest BCUT2D eigenvalue weighted by molar-refractivity contribution is 5.74. The molecule has 3 atom stereocenters. The summed E-state index contributed by atoms with van der Waals surface area (Å²) in [5, 5.41) is 2.74. The molecule has 1 saturated carbocycles. The van der Waals surface area contributed by atoms with E-state index in [1.54, 1.807) is 0 Å². The van der Waals surface area contributed by atoms with Gasteiger partial charge < -0.3 is 10.2 Å². The molecule has 80 valence electrons. The van der Waals surface area contributed by atoms with Crippen molar-refractivity contribution < 1.29 is 9.18 Å². The Labute approximate surface area is 83.6 Å². The van der Waals surface area contributed by atoms with Gasteiger partial charge in [0.05, 0.1) is 6.17 Å². The molecule has 0 aromatic carbocycles. The molecular weight excluding hydrogens is 183 g/mol. The fourth-order valence-corrected chi connectivity index (χ4v) is 2.05. The smallest absolute Gasteiger partial charge is 0.317 e. The van der Waals surface area contributed by atoms with Crippen molar-refractivity contribution in [3.63, 3.8) is 0 Å². The summed E-state index contributed by atoms with van der Waals surface area (Å²) in [4.78, 5) is 13.3. The Balaban J connectivity index is 1.63. The Kier molecular flexibility index (Phi) is 2.61. The van der Waals surface area contributed by atoms with E-state index in [0.29, 0.717) is 13.0 Å². The summed E-state index contributed by atoms with van der Waals surface area (Å²) in [5.41, 5.74) is 0. The number of amides is 2. The number of alkyl halides is 1. The molecule has 0 spiro atoms. The monoisotopic (exact) mass is 200 g/mol. The molecule has 2 aliphatic rings. The first-order chi connectivity index (χ1) is 6.66. The molecule has 0 aromatic rings. The number of halogens is 1. The molecule has 0 bridgehead atoms. The number of likely N-dealkylation sites (tertiary alicyclic amines) is 1. The van der Waals surface area contributed by atoms with Gasteiger partial charge in [-0.2, -0.15) is 0 Å². The quantitative estimate of drug-likeness (QED) is 0.733. The van der Waals surface area contributed by atoms with Gasteiger partial charge in [0.25, 0.3) is 0 Å². The minimum absolute atomic E-state index is 0.0159. The number of carbonyl (C=O) groups excluding carboxylic acids is 1. The molecule has 2 rings (SSSR count). The Hall–Kier alpha value is -0.800. The standard InChI is InChI=1S/C10H17FN2O/c1-7(11)2-3-12-10(14)13-5-8-4-9(8)6-13/h7-9H,2-6H2,1H3,(H,12,14). The zero-order chi connectivity index (χ0) is 10.1. The highest BCUT2D eigenvalue weighted by atomic mass is 19.1. The van der Waals surface area contributed by atoms with E-state index in [1.807, 2.05) is 4.90 Å². The van der Waals surface area contributed by atoms with Crippen molar-refractivity contribution in [1.29, 1.82) is 0 Å². The maximum Gasteiger partial charge on any atom is 0.317 e. The number of hydrogen-bond donors (Lipinski definition) is 1. The first-order valence-corrected chi connectivity index (χ1v) is 5.33. The molecule has 2 amide bonds. The van der Waals surface area contributed by atoms with Crippen molar-refractivity contribution in [3.8, 4) is 0 Å². The number of piperidine rings is 1. The maximum absolute atomic E-state index is 12.4. The Morgan fingerprint density at radius 1 is 1.57 bits per heavy atom. The first kappa shape index (κ1) is 9.74. The van der Waals surface area contributed by atoms with Gasteiger partial charge in [0.1, 0.15) is 0 Å². The largest absolute Gasteiger partial charge is 0.338 e. The number of nitrogens with zero attached hydrogens (tertiary/aromatic N) is 1. The zero-order valence-corrected chi connectivity index (χ0v) is 8.50. The fraction of sp³-hybridized carbons (Fsp3) is 0.900. The van der Waals surface area contributed by atoms with Crippen LogP contribution in [0.2, 0.25) is 0 Å². The summed E-state index contributed by atoms with van der Waals surface area (Å²) >= 11 is 0. The van der Waals surface area contributed by atoms with Crippen LogP contribution in [0.5, 0.6) is 0 Å². The zero-order valence-electron chi connectivity index (χ0n) is 8.50. The van der Waals surface area contributed by atoms with Gasteiger partial charge in [0, 0.05) is 19.6 Å². The van der Waals surface area contributed by atoms with Gasteiger partial charge in [0.15, 0.2) is 0 Å². The van der Waals surface area contributed by atoms with Crippen LogP contribution in [0.4, 0.5) is 9.18 Å². The lowest BCUT2D eigenvalue weighted by atomic mass is 10.3. The number of carbonyl (C=O) groups is 1. The van der Waals surface area contributed by atoms with Gasteiger partial charge in [-0.15, -0.1) is 0 Å². The fourth-order valence-electron chi connectivity index (χ4n) is 2.05. The van der Waals surface area contributed by atoms with E-state index < -0.39 is 6.17 Å². The molecule has 3 unspecified atom stereocenters. The van der Waals surface area contributed by atoms with Crippen LogP contribution in [-0.4, -0.2) is 36.7 Å². The summed E-state index contributed by atoms with van der Waals surface area (Å²) in [7, 11) is 0. The molecule has 3 nitrogen and oxygen atoms in total. The van der Waals surface area contributed by atoms with Crippen LogP contribution < -0.4 is 5.32 Å². The van der Waals surface area contributed by atoms with Crippen LogP contribution in [0, 0.1) is 11.8 Å². The van der Waals surface area contributed by atoms with Gasteiger partial charge in [-0.25, -0.2) is 9.18 Å². The van der Waals surface area contributed by atoms with Crippen molar-refractivity contribution in [3.05, 3.63) is 0 Å². The molecule has 1 N–H and O–H groups in total. The normalized spacial score (nSPS) is 31.1. The SMILES string of the molecule is CC(F)CCNC(=O)N1CC2CC2C1. The van der Waals surface area contributed by atoms with E-state index in [4.69, 9.17) is 0 Å². The van der Waals surface area contributed by atoms with E-state index in [-0.39, 0.29) is 6.03 Å². The lowest BCUT2D eigenvalue weighted by Gasteiger charge is -2.18. The van der Waals surface area contributed by atoms with Crippen molar-refractivity contribution in [2.45, 2.75) is 25.9 Å². The summed E-state index contributed by atoms with van der Waals surface area (Å²) < 4.78 is 12.4. The van der Waals surface area contributed by atoms with Crippen molar-refractivity contribution in [1.82, 2.24) is 10.2 Å². The lowest BCUT2D eigenvalue weighted by Crippen LogP contribution is -2.40. The molecule has 14 heavy (non-hydrogen) atoms. The third kappa shape index (κ3) is 2.16. The van der Waals surface area contributed by atoms with E-state index in [0.717, 1.165) is 24.9 Å². The average Bonchev–Trinajstić information content (AvgIpc) is 2.73. The van der Waals surface area contributed by atoms with Gasteiger partial charge >= 0.3 is 6.03 Å². The van der Waals surface area contributed by atoms with Gasteiger partial charge in [-0.05, 0) is 31.6 Å². The van der Waals surface area contributed by atoms with E-state index in [9.17, 15) is 9.18 Å². The number of hydrogen-bond acceptors (Lipinski definition) is 1. The minimum atomic E-state index is -0.831. The summed E-state index contributed by atoms with van der Waals surface area (Å²) in [6.45, 7) is 3.77. The maximum atomic E-state index is 12.4. The molecule has 0 aromatic heterocycles. The Morgan fingerprint density at radius 2 is 2.21 bits per heavy atom. The van der Waals surface area contributed by atoms with E-state index in [2.05, 4.69) is 5.32 Å². The predicted octanol–water partition coefficient (Wildman–Crippen LogP) is 1.40.